The van der Waals surface area contributed by atoms with Crippen molar-refractivity contribution in [1.29, 1.82) is 0 Å². The van der Waals surface area contributed by atoms with Gasteiger partial charge in [0.2, 0.25) is 0 Å². The van der Waals surface area contributed by atoms with E-state index in [1.807, 2.05) is 54.6 Å². The number of nitrogens with zero attached hydrogens (tertiary/aromatic N) is 1. The Morgan fingerprint density at radius 1 is 1.00 bits per heavy atom. The number of amides is 2. The molecule has 136 valence electrons. The van der Waals surface area contributed by atoms with Crippen molar-refractivity contribution in [2.45, 2.75) is 32.9 Å². The van der Waals surface area contributed by atoms with E-state index in [1.54, 1.807) is 20.8 Å². The quantitative estimate of drug-likeness (QED) is 0.493. The molecule has 2 aromatic rings. The number of benzene rings is 2. The molecular weight excluding hydrogens is 330 g/mol. The molecule has 0 heterocycles. The summed E-state index contributed by atoms with van der Waals surface area (Å²) in [5, 5.41) is 6.41. The molecule has 2 aromatic carbocycles. The number of hydrogen-bond acceptors (Lipinski definition) is 4. The van der Waals surface area contributed by atoms with Crippen LogP contribution < -0.4 is 15.5 Å². The van der Waals surface area contributed by atoms with Crippen LogP contribution in [-0.2, 0) is 16.2 Å². The van der Waals surface area contributed by atoms with Gasteiger partial charge in [0.1, 0.15) is 12.4 Å². The predicted molar refractivity (Wildman–Crippen MR) is 101 cm³/mol. The Hall–Kier alpha value is -3.15. The standard InChI is InChI=1S/C20H23N3O3/c1-20(2,3)22-18(24)19(25)23-21-13-16-11-7-8-12-17(16)26-14-15-9-5-4-6-10-15/h4-13H,14H2,1-3H3,(H,22,24)(H,23,25)/b21-13+. The summed E-state index contributed by atoms with van der Waals surface area (Å²) >= 11 is 0. The monoisotopic (exact) mass is 353 g/mol. The number of carbonyl (C=O) groups is 2. The highest BCUT2D eigenvalue weighted by molar-refractivity contribution is 6.35. The second kappa shape index (κ2) is 8.80. The van der Waals surface area contributed by atoms with Crippen molar-refractivity contribution in [1.82, 2.24) is 10.7 Å². The lowest BCUT2D eigenvalue weighted by Gasteiger charge is -2.19. The molecule has 2 rings (SSSR count). The van der Waals surface area contributed by atoms with Gasteiger partial charge < -0.3 is 10.1 Å². The molecule has 0 atom stereocenters. The third-order valence-corrected chi connectivity index (χ3v) is 3.22. The second-order valence-electron chi connectivity index (χ2n) is 6.72. The van der Waals surface area contributed by atoms with E-state index in [0.29, 0.717) is 17.9 Å². The van der Waals surface area contributed by atoms with Crippen LogP contribution in [0.4, 0.5) is 0 Å². The van der Waals surface area contributed by atoms with Crippen molar-refractivity contribution in [3.63, 3.8) is 0 Å². The highest BCUT2D eigenvalue weighted by atomic mass is 16.5. The minimum atomic E-state index is -0.820. The van der Waals surface area contributed by atoms with Crippen LogP contribution in [0.1, 0.15) is 31.9 Å². The van der Waals surface area contributed by atoms with Crippen LogP contribution in [-0.4, -0.2) is 23.6 Å². The summed E-state index contributed by atoms with van der Waals surface area (Å²) < 4.78 is 5.81. The minimum Gasteiger partial charge on any atom is -0.488 e. The SMILES string of the molecule is CC(C)(C)NC(=O)C(=O)N/N=C/c1ccccc1OCc1ccccc1. The van der Waals surface area contributed by atoms with Gasteiger partial charge in [0.15, 0.2) is 0 Å². The summed E-state index contributed by atoms with van der Waals surface area (Å²) in [6.45, 7) is 5.80. The largest absolute Gasteiger partial charge is 0.488 e. The van der Waals surface area contributed by atoms with Crippen molar-refractivity contribution in [2.75, 3.05) is 0 Å². The number of para-hydroxylation sites is 1. The van der Waals surface area contributed by atoms with E-state index in [2.05, 4.69) is 15.8 Å². The first-order valence-electron chi connectivity index (χ1n) is 8.26. The summed E-state index contributed by atoms with van der Waals surface area (Å²) in [5.41, 5.74) is 3.47. The molecule has 6 nitrogen and oxygen atoms in total. The van der Waals surface area contributed by atoms with Crippen molar-refractivity contribution < 1.29 is 14.3 Å². The van der Waals surface area contributed by atoms with E-state index in [0.717, 1.165) is 5.56 Å². The van der Waals surface area contributed by atoms with E-state index in [9.17, 15) is 9.59 Å². The lowest BCUT2D eigenvalue weighted by Crippen LogP contribution is -2.47. The first-order valence-corrected chi connectivity index (χ1v) is 8.26. The molecule has 0 radical (unpaired) electrons. The van der Waals surface area contributed by atoms with Gasteiger partial charge in [-0.25, -0.2) is 5.43 Å². The smallest absolute Gasteiger partial charge is 0.329 e. The van der Waals surface area contributed by atoms with E-state index >= 15 is 0 Å². The zero-order chi connectivity index (χ0) is 19.0. The lowest BCUT2D eigenvalue weighted by atomic mass is 10.1. The summed E-state index contributed by atoms with van der Waals surface area (Å²) in [4.78, 5) is 23.4. The van der Waals surface area contributed by atoms with Gasteiger partial charge in [-0.2, -0.15) is 5.10 Å². The van der Waals surface area contributed by atoms with E-state index in [4.69, 9.17) is 4.74 Å². The number of ether oxygens (including phenoxy) is 1. The van der Waals surface area contributed by atoms with Gasteiger partial charge in [0, 0.05) is 11.1 Å². The summed E-state index contributed by atoms with van der Waals surface area (Å²) in [5.74, 6) is -0.921. The number of hydrazone groups is 1. The number of carbonyl (C=O) groups excluding carboxylic acids is 2. The molecular formula is C20H23N3O3. The fraction of sp³-hybridized carbons (Fsp3) is 0.250. The topological polar surface area (TPSA) is 79.8 Å². The molecule has 0 aliphatic carbocycles. The zero-order valence-corrected chi connectivity index (χ0v) is 15.2. The Balaban J connectivity index is 1.95. The summed E-state index contributed by atoms with van der Waals surface area (Å²) in [7, 11) is 0. The molecule has 0 aromatic heterocycles. The van der Waals surface area contributed by atoms with Crippen LogP contribution >= 0.6 is 0 Å². The molecule has 0 fully saturated rings. The molecule has 0 spiro atoms. The molecule has 0 bridgehead atoms. The molecule has 0 aliphatic rings. The van der Waals surface area contributed by atoms with Crippen molar-refractivity contribution in [2.24, 2.45) is 5.10 Å². The highest BCUT2D eigenvalue weighted by Gasteiger charge is 2.19. The van der Waals surface area contributed by atoms with Gasteiger partial charge in [0.05, 0.1) is 6.21 Å². The van der Waals surface area contributed by atoms with Crippen molar-refractivity contribution >= 4 is 18.0 Å². The predicted octanol–water partition coefficient (Wildman–Crippen LogP) is 2.63. The molecule has 2 N–H and O–H groups in total. The Morgan fingerprint density at radius 2 is 1.65 bits per heavy atom. The Morgan fingerprint density at radius 3 is 2.35 bits per heavy atom. The third-order valence-electron chi connectivity index (χ3n) is 3.22. The maximum atomic E-state index is 11.7. The molecule has 0 unspecified atom stereocenters. The molecule has 0 aliphatic heterocycles. The van der Waals surface area contributed by atoms with Crippen LogP contribution in [0.25, 0.3) is 0 Å². The lowest BCUT2D eigenvalue weighted by molar-refractivity contribution is -0.140. The van der Waals surface area contributed by atoms with Crippen molar-refractivity contribution in [3.8, 4) is 5.75 Å². The van der Waals surface area contributed by atoms with Crippen molar-refractivity contribution in [3.05, 3.63) is 65.7 Å². The third kappa shape index (κ3) is 6.39. The van der Waals surface area contributed by atoms with Crippen LogP contribution in [0.5, 0.6) is 5.75 Å². The van der Waals surface area contributed by atoms with E-state index in [1.165, 1.54) is 6.21 Å². The fourth-order valence-electron chi connectivity index (χ4n) is 2.06. The highest BCUT2D eigenvalue weighted by Crippen LogP contribution is 2.17. The fourth-order valence-corrected chi connectivity index (χ4v) is 2.06. The summed E-state index contributed by atoms with van der Waals surface area (Å²) in [6, 6.07) is 17.1. The van der Waals surface area contributed by atoms with E-state index in [-0.39, 0.29) is 0 Å². The molecule has 26 heavy (non-hydrogen) atoms. The Bertz CT molecular complexity index is 780. The van der Waals surface area contributed by atoms with Gasteiger partial charge in [0.25, 0.3) is 0 Å². The molecule has 0 saturated heterocycles. The van der Waals surface area contributed by atoms with Crippen LogP contribution in [0.3, 0.4) is 0 Å². The minimum absolute atomic E-state index is 0.423. The van der Waals surface area contributed by atoms with E-state index < -0.39 is 17.4 Å². The number of nitrogens with one attached hydrogen (secondary N) is 2. The number of hydrogen-bond donors (Lipinski definition) is 2. The van der Waals surface area contributed by atoms with Crippen LogP contribution in [0.15, 0.2) is 59.7 Å². The average Bonchev–Trinajstić information content (AvgIpc) is 2.60. The maximum absolute atomic E-state index is 11.7. The molecule has 0 saturated carbocycles. The van der Waals surface area contributed by atoms with Gasteiger partial charge in [-0.15, -0.1) is 0 Å². The van der Waals surface area contributed by atoms with Gasteiger partial charge in [-0.3, -0.25) is 9.59 Å². The number of rotatable bonds is 5. The van der Waals surface area contributed by atoms with Crippen LogP contribution in [0.2, 0.25) is 0 Å². The van der Waals surface area contributed by atoms with Gasteiger partial charge in [-0.05, 0) is 38.5 Å². The zero-order valence-electron chi connectivity index (χ0n) is 15.2. The Kier molecular flexibility index (Phi) is 6.49. The average molecular weight is 353 g/mol. The normalized spacial score (nSPS) is 11.2. The first-order chi connectivity index (χ1) is 12.3. The summed E-state index contributed by atoms with van der Waals surface area (Å²) in [6.07, 6.45) is 1.45. The molecule has 2 amide bonds. The van der Waals surface area contributed by atoms with Gasteiger partial charge >= 0.3 is 11.8 Å². The molecule has 6 heteroatoms. The Labute approximate surface area is 153 Å². The maximum Gasteiger partial charge on any atom is 0.329 e. The van der Waals surface area contributed by atoms with Crippen LogP contribution in [0, 0.1) is 0 Å². The second-order valence-corrected chi connectivity index (χ2v) is 6.72. The first kappa shape index (κ1) is 19.2. The van der Waals surface area contributed by atoms with Gasteiger partial charge in [-0.1, -0.05) is 42.5 Å².